The third-order valence-electron chi connectivity index (χ3n) is 5.82. The molecule has 3 aromatic rings. The molecule has 4 rings (SSSR count). The molecule has 0 spiro atoms. The van der Waals surface area contributed by atoms with E-state index in [9.17, 15) is 9.18 Å². The Morgan fingerprint density at radius 3 is 2.56 bits per heavy atom. The molecule has 1 aliphatic heterocycles. The Morgan fingerprint density at radius 2 is 1.84 bits per heavy atom. The lowest BCUT2D eigenvalue weighted by atomic mass is 10.0. The number of para-hydroxylation sites is 1. The van der Waals surface area contributed by atoms with Crippen LogP contribution in [0.25, 0.3) is 5.69 Å². The number of anilines is 2. The second kappa shape index (κ2) is 9.82. The Balaban J connectivity index is 1.42. The number of likely N-dealkylation sites (N-methyl/N-ethyl adjacent to an activating group) is 1. The average molecular weight is 437 g/mol. The minimum Gasteiger partial charge on any atom is -0.369 e. The summed E-state index contributed by atoms with van der Waals surface area (Å²) in [5.74, 6) is 0.125. The van der Waals surface area contributed by atoms with Gasteiger partial charge in [0.25, 0.3) is 0 Å². The molecule has 2 N–H and O–H groups in total. The number of carbonyl (C=O) groups is 1. The van der Waals surface area contributed by atoms with Crippen molar-refractivity contribution in [3.05, 3.63) is 72.2 Å². The van der Waals surface area contributed by atoms with Crippen molar-refractivity contribution in [1.82, 2.24) is 20.0 Å². The summed E-state index contributed by atoms with van der Waals surface area (Å²) in [6.07, 6.45) is 1.79. The number of nitrogens with zero attached hydrogens (tertiary/aromatic N) is 4. The van der Waals surface area contributed by atoms with Crippen molar-refractivity contribution in [3.63, 3.8) is 0 Å². The normalized spacial score (nSPS) is 15.4. The van der Waals surface area contributed by atoms with E-state index in [1.807, 2.05) is 43.3 Å². The lowest BCUT2D eigenvalue weighted by Crippen LogP contribution is -2.46. The van der Waals surface area contributed by atoms with Crippen LogP contribution < -0.4 is 15.5 Å². The van der Waals surface area contributed by atoms with Gasteiger partial charge in [-0.3, -0.25) is 5.32 Å². The van der Waals surface area contributed by atoms with Gasteiger partial charge < -0.3 is 15.1 Å². The summed E-state index contributed by atoms with van der Waals surface area (Å²) in [5, 5.41) is 10.1. The van der Waals surface area contributed by atoms with Crippen molar-refractivity contribution in [2.75, 3.05) is 42.9 Å². The largest absolute Gasteiger partial charge is 0.369 e. The Hall–Kier alpha value is -3.39. The van der Waals surface area contributed by atoms with Crippen molar-refractivity contribution >= 4 is 17.5 Å². The fourth-order valence-corrected chi connectivity index (χ4v) is 4.01. The molecule has 168 valence electrons. The molecule has 2 heterocycles. The SMILES string of the molecule is CCN1CCN(c2ccc(F)cc2C(C)NC(=O)Nc2ccn(-c3ccccc3)n2)CC1. The van der Waals surface area contributed by atoms with Crippen molar-refractivity contribution in [2.45, 2.75) is 19.9 Å². The second-order valence-corrected chi connectivity index (χ2v) is 7.93. The van der Waals surface area contributed by atoms with E-state index < -0.39 is 0 Å². The molecular weight excluding hydrogens is 407 g/mol. The van der Waals surface area contributed by atoms with Gasteiger partial charge in [-0.25, -0.2) is 13.9 Å². The first-order chi connectivity index (χ1) is 15.5. The number of urea groups is 1. The highest BCUT2D eigenvalue weighted by atomic mass is 19.1. The summed E-state index contributed by atoms with van der Waals surface area (Å²) in [5.41, 5.74) is 2.63. The van der Waals surface area contributed by atoms with Crippen LogP contribution in [-0.4, -0.2) is 53.4 Å². The first-order valence-electron chi connectivity index (χ1n) is 11.0. The van der Waals surface area contributed by atoms with E-state index in [-0.39, 0.29) is 17.9 Å². The first kappa shape index (κ1) is 21.8. The van der Waals surface area contributed by atoms with Gasteiger partial charge >= 0.3 is 6.03 Å². The third kappa shape index (κ3) is 5.08. The van der Waals surface area contributed by atoms with Gasteiger partial charge in [0.1, 0.15) is 5.82 Å². The summed E-state index contributed by atoms with van der Waals surface area (Å²) in [6, 6.07) is 15.4. The molecule has 2 amide bonds. The molecule has 0 bridgehead atoms. The summed E-state index contributed by atoms with van der Waals surface area (Å²) in [6.45, 7) is 8.75. The van der Waals surface area contributed by atoms with E-state index in [2.05, 4.69) is 32.5 Å². The Kier molecular flexibility index (Phi) is 6.70. The van der Waals surface area contributed by atoms with Gasteiger partial charge in [0, 0.05) is 49.7 Å². The molecule has 1 aromatic heterocycles. The van der Waals surface area contributed by atoms with Gasteiger partial charge in [0.15, 0.2) is 5.82 Å². The third-order valence-corrected chi connectivity index (χ3v) is 5.82. The van der Waals surface area contributed by atoms with E-state index >= 15 is 0 Å². The molecule has 0 saturated carbocycles. The van der Waals surface area contributed by atoms with Gasteiger partial charge in [-0.1, -0.05) is 25.1 Å². The molecule has 1 atom stereocenters. The predicted octanol–water partition coefficient (Wildman–Crippen LogP) is 4.04. The van der Waals surface area contributed by atoms with Crippen LogP contribution in [-0.2, 0) is 0 Å². The lowest BCUT2D eigenvalue weighted by molar-refractivity contribution is 0.249. The maximum absolute atomic E-state index is 14.1. The molecule has 8 heteroatoms. The number of aromatic nitrogens is 2. The predicted molar refractivity (Wildman–Crippen MR) is 125 cm³/mol. The van der Waals surface area contributed by atoms with Crippen molar-refractivity contribution in [3.8, 4) is 5.69 Å². The van der Waals surface area contributed by atoms with Crippen LogP contribution in [0.1, 0.15) is 25.5 Å². The van der Waals surface area contributed by atoms with Crippen molar-refractivity contribution < 1.29 is 9.18 Å². The summed E-state index contributed by atoms with van der Waals surface area (Å²) >= 11 is 0. The minimum absolute atomic E-state index is 0.313. The minimum atomic E-state index is -0.387. The van der Waals surface area contributed by atoms with Gasteiger partial charge in [-0.05, 0) is 43.8 Å². The Bertz CT molecular complexity index is 1050. The molecule has 0 radical (unpaired) electrons. The van der Waals surface area contributed by atoms with Gasteiger partial charge in [-0.15, -0.1) is 5.10 Å². The average Bonchev–Trinajstić information content (AvgIpc) is 3.28. The molecule has 7 nitrogen and oxygen atoms in total. The molecule has 0 aliphatic carbocycles. The van der Waals surface area contributed by atoms with E-state index in [1.165, 1.54) is 12.1 Å². The Morgan fingerprint density at radius 1 is 1.09 bits per heavy atom. The number of nitrogens with one attached hydrogen (secondary N) is 2. The van der Waals surface area contributed by atoms with E-state index in [0.29, 0.717) is 5.82 Å². The van der Waals surface area contributed by atoms with E-state index in [1.54, 1.807) is 16.9 Å². The number of rotatable bonds is 6. The number of benzene rings is 2. The highest BCUT2D eigenvalue weighted by molar-refractivity contribution is 5.88. The number of hydrogen-bond donors (Lipinski definition) is 2. The van der Waals surface area contributed by atoms with Crippen LogP contribution in [0.4, 0.5) is 20.7 Å². The fraction of sp³-hybridized carbons (Fsp3) is 0.333. The Labute approximate surface area is 187 Å². The van der Waals surface area contributed by atoms with Crippen LogP contribution in [0.2, 0.25) is 0 Å². The van der Waals surface area contributed by atoms with E-state index in [0.717, 1.165) is 49.7 Å². The highest BCUT2D eigenvalue weighted by Crippen LogP contribution is 2.28. The van der Waals surface area contributed by atoms with Gasteiger partial charge in [-0.2, -0.15) is 0 Å². The number of carbonyl (C=O) groups excluding carboxylic acids is 1. The maximum atomic E-state index is 14.1. The molecular formula is C24H29FN6O. The molecule has 1 fully saturated rings. The summed E-state index contributed by atoms with van der Waals surface area (Å²) < 4.78 is 15.8. The maximum Gasteiger partial charge on any atom is 0.320 e. The van der Waals surface area contributed by atoms with E-state index in [4.69, 9.17) is 0 Å². The topological polar surface area (TPSA) is 65.4 Å². The fourth-order valence-electron chi connectivity index (χ4n) is 4.01. The quantitative estimate of drug-likeness (QED) is 0.612. The summed E-state index contributed by atoms with van der Waals surface area (Å²) in [7, 11) is 0. The highest BCUT2D eigenvalue weighted by Gasteiger charge is 2.22. The van der Waals surface area contributed by atoms with Crippen LogP contribution >= 0.6 is 0 Å². The monoisotopic (exact) mass is 436 g/mol. The van der Waals surface area contributed by atoms with Crippen molar-refractivity contribution in [2.24, 2.45) is 0 Å². The standard InChI is InChI=1S/C24H29FN6O/c1-3-29-13-15-30(16-14-29)22-10-9-19(25)17-21(22)18(2)26-24(32)27-23-11-12-31(28-23)20-7-5-4-6-8-20/h4-12,17-18H,3,13-16H2,1-2H3,(H2,26,27,28,32). The van der Waals surface area contributed by atoms with Gasteiger partial charge in [0.05, 0.1) is 11.7 Å². The van der Waals surface area contributed by atoms with Crippen LogP contribution in [0.3, 0.4) is 0 Å². The smallest absolute Gasteiger partial charge is 0.320 e. The van der Waals surface area contributed by atoms with Gasteiger partial charge in [0.2, 0.25) is 0 Å². The zero-order valence-electron chi connectivity index (χ0n) is 18.5. The number of hydrogen-bond acceptors (Lipinski definition) is 4. The lowest BCUT2D eigenvalue weighted by Gasteiger charge is -2.37. The number of halogens is 1. The van der Waals surface area contributed by atoms with Crippen LogP contribution in [0.5, 0.6) is 0 Å². The van der Waals surface area contributed by atoms with Crippen LogP contribution in [0, 0.1) is 5.82 Å². The summed E-state index contributed by atoms with van der Waals surface area (Å²) in [4.78, 5) is 17.3. The molecule has 1 unspecified atom stereocenters. The van der Waals surface area contributed by atoms with Crippen molar-refractivity contribution in [1.29, 1.82) is 0 Å². The van der Waals surface area contributed by atoms with Crippen LogP contribution in [0.15, 0.2) is 60.8 Å². The zero-order chi connectivity index (χ0) is 22.5. The molecule has 2 aromatic carbocycles. The zero-order valence-corrected chi connectivity index (χ0v) is 18.5. The molecule has 1 aliphatic rings. The molecule has 1 saturated heterocycles. The second-order valence-electron chi connectivity index (χ2n) is 7.93. The first-order valence-corrected chi connectivity index (χ1v) is 11.0. The molecule has 32 heavy (non-hydrogen) atoms. The number of piperazine rings is 1. The number of amides is 2.